The van der Waals surface area contributed by atoms with E-state index in [0.717, 1.165) is 5.56 Å². The van der Waals surface area contributed by atoms with Crippen LogP contribution in [0.5, 0.6) is 11.5 Å². The molecule has 0 fully saturated rings. The molecule has 0 radical (unpaired) electrons. The van der Waals surface area contributed by atoms with Crippen LogP contribution < -0.4 is 4.74 Å². The number of nitrogens with zero attached hydrogens (tertiary/aromatic N) is 1. The summed E-state index contributed by atoms with van der Waals surface area (Å²) in [6.45, 7) is 0. The summed E-state index contributed by atoms with van der Waals surface area (Å²) in [6, 6.07) is 8.36. The third kappa shape index (κ3) is 5.21. The van der Waals surface area contributed by atoms with Crippen molar-refractivity contribution in [2.45, 2.75) is 6.42 Å². The summed E-state index contributed by atoms with van der Waals surface area (Å²) < 4.78 is 4.94. The van der Waals surface area contributed by atoms with Gasteiger partial charge in [0.15, 0.2) is 23.1 Å². The minimum atomic E-state index is -0.314. The van der Waals surface area contributed by atoms with Crippen molar-refractivity contribution in [1.82, 2.24) is 4.98 Å². The van der Waals surface area contributed by atoms with Crippen molar-refractivity contribution in [2.75, 3.05) is 7.11 Å². The van der Waals surface area contributed by atoms with E-state index in [9.17, 15) is 14.7 Å². The maximum atomic E-state index is 11.8. The van der Waals surface area contributed by atoms with E-state index >= 15 is 0 Å². The molecule has 1 aromatic carbocycles. The van der Waals surface area contributed by atoms with Crippen LogP contribution in [0.25, 0.3) is 12.2 Å². The van der Waals surface area contributed by atoms with Crippen LogP contribution in [0.1, 0.15) is 17.5 Å². The second-order valence-corrected chi connectivity index (χ2v) is 4.99. The monoisotopic (exact) mass is 323 g/mol. The molecule has 2 aromatic rings. The number of phenols is 1. The molecule has 0 unspecified atom stereocenters. The lowest BCUT2D eigenvalue weighted by molar-refractivity contribution is -0.121. The lowest BCUT2D eigenvalue weighted by Gasteiger charge is -2.03. The Morgan fingerprint density at radius 2 is 1.83 bits per heavy atom. The molecule has 0 atom stereocenters. The predicted octanol–water partition coefficient (Wildman–Crippen LogP) is 3.05. The first-order chi connectivity index (χ1) is 11.6. The molecule has 5 nitrogen and oxygen atoms in total. The molecule has 2 rings (SSSR count). The smallest absolute Gasteiger partial charge is 0.163 e. The van der Waals surface area contributed by atoms with Crippen LogP contribution in [0, 0.1) is 0 Å². The topological polar surface area (TPSA) is 76.5 Å². The quantitative estimate of drug-likeness (QED) is 0.626. The van der Waals surface area contributed by atoms with Gasteiger partial charge in [-0.25, -0.2) is 0 Å². The Hall–Kier alpha value is -3.21. The molecule has 0 aliphatic carbocycles. The fourth-order valence-electron chi connectivity index (χ4n) is 1.95. The summed E-state index contributed by atoms with van der Waals surface area (Å²) in [6.07, 6.45) is 8.90. The summed E-state index contributed by atoms with van der Waals surface area (Å²) in [4.78, 5) is 27.5. The van der Waals surface area contributed by atoms with E-state index in [1.165, 1.54) is 25.3 Å². The minimum absolute atomic E-state index is 0.0115. The van der Waals surface area contributed by atoms with Crippen LogP contribution in [0.15, 0.2) is 54.9 Å². The normalized spacial score (nSPS) is 11.0. The Morgan fingerprint density at radius 1 is 1.12 bits per heavy atom. The zero-order valence-electron chi connectivity index (χ0n) is 13.2. The van der Waals surface area contributed by atoms with Gasteiger partial charge in [-0.05, 0) is 47.6 Å². The first-order valence-electron chi connectivity index (χ1n) is 7.27. The molecule has 5 heteroatoms. The van der Waals surface area contributed by atoms with Crippen LogP contribution >= 0.6 is 0 Å². The Morgan fingerprint density at radius 3 is 2.42 bits per heavy atom. The molecule has 0 amide bonds. The molecule has 1 heterocycles. The third-order valence-corrected chi connectivity index (χ3v) is 3.16. The number of rotatable bonds is 7. The van der Waals surface area contributed by atoms with Crippen molar-refractivity contribution < 1.29 is 19.4 Å². The number of carbonyl (C=O) groups is 2. The van der Waals surface area contributed by atoms with Gasteiger partial charge in [-0.1, -0.05) is 18.2 Å². The van der Waals surface area contributed by atoms with E-state index in [2.05, 4.69) is 4.98 Å². The van der Waals surface area contributed by atoms with E-state index in [1.54, 1.807) is 42.7 Å². The molecule has 0 bridgehead atoms. The van der Waals surface area contributed by atoms with Gasteiger partial charge in [-0.3, -0.25) is 14.6 Å². The number of phenolic OH excluding ortho intramolecular Hbond substituents is 1. The first-order valence-corrected chi connectivity index (χ1v) is 7.27. The van der Waals surface area contributed by atoms with Crippen LogP contribution in [0.2, 0.25) is 0 Å². The number of ether oxygens (including phenoxy) is 1. The number of allylic oxidation sites excluding steroid dienone is 2. The third-order valence-electron chi connectivity index (χ3n) is 3.16. The summed E-state index contributed by atoms with van der Waals surface area (Å²) in [5, 5.41) is 9.67. The molecule has 0 spiro atoms. The van der Waals surface area contributed by atoms with Gasteiger partial charge in [-0.2, -0.15) is 0 Å². The Labute approximate surface area is 139 Å². The SMILES string of the molecule is COc1ccc(/C=C/C(=O)CC(=O)/C=C/c2cccnc2)cc1O. The second kappa shape index (κ2) is 8.43. The van der Waals surface area contributed by atoms with Crippen molar-refractivity contribution in [3.05, 3.63) is 66.0 Å². The summed E-state index contributed by atoms with van der Waals surface area (Å²) in [5.74, 6) is -0.256. The summed E-state index contributed by atoms with van der Waals surface area (Å²) in [5.41, 5.74) is 1.43. The van der Waals surface area contributed by atoms with E-state index < -0.39 is 0 Å². The highest BCUT2D eigenvalue weighted by Gasteiger charge is 2.04. The lowest BCUT2D eigenvalue weighted by Crippen LogP contribution is -2.01. The maximum absolute atomic E-state index is 11.8. The van der Waals surface area contributed by atoms with Crippen molar-refractivity contribution >= 4 is 23.7 Å². The van der Waals surface area contributed by atoms with Crippen molar-refractivity contribution in [1.29, 1.82) is 0 Å². The number of methoxy groups -OCH3 is 1. The fraction of sp³-hybridized carbons (Fsp3) is 0.105. The lowest BCUT2D eigenvalue weighted by atomic mass is 10.1. The predicted molar refractivity (Wildman–Crippen MR) is 91.6 cm³/mol. The number of ketones is 2. The highest BCUT2D eigenvalue weighted by molar-refractivity contribution is 6.10. The van der Waals surface area contributed by atoms with Gasteiger partial charge in [0.2, 0.25) is 0 Å². The van der Waals surface area contributed by atoms with Gasteiger partial charge in [0.25, 0.3) is 0 Å². The maximum Gasteiger partial charge on any atom is 0.163 e. The number of pyridine rings is 1. The standard InChI is InChI=1S/C19H17NO4/c1-24-19-9-6-14(11-18(19)23)4-7-16(21)12-17(22)8-5-15-3-2-10-20-13-15/h2-11,13,23H,12H2,1H3/b7-4+,8-5+. The second-order valence-electron chi connectivity index (χ2n) is 4.99. The van der Waals surface area contributed by atoms with Gasteiger partial charge in [0.05, 0.1) is 13.5 Å². The summed E-state index contributed by atoms with van der Waals surface area (Å²) in [7, 11) is 1.46. The Bertz CT molecular complexity index is 779. The average molecular weight is 323 g/mol. The average Bonchev–Trinajstić information content (AvgIpc) is 2.59. The molecule has 0 aliphatic heterocycles. The van der Waals surface area contributed by atoms with Crippen LogP contribution in [0.4, 0.5) is 0 Å². The Balaban J connectivity index is 1.91. The number of carbonyl (C=O) groups excluding carboxylic acids is 2. The number of hydrogen-bond acceptors (Lipinski definition) is 5. The zero-order chi connectivity index (χ0) is 17.4. The van der Waals surface area contributed by atoms with Gasteiger partial charge in [-0.15, -0.1) is 0 Å². The first kappa shape index (κ1) is 17.1. The molecule has 1 N–H and O–H groups in total. The molecule has 0 aliphatic rings. The van der Waals surface area contributed by atoms with E-state index in [4.69, 9.17) is 4.74 Å². The Kier molecular flexibility index (Phi) is 6.02. The molecular formula is C19H17NO4. The van der Waals surface area contributed by atoms with Crippen LogP contribution in [-0.4, -0.2) is 28.8 Å². The van der Waals surface area contributed by atoms with Gasteiger partial charge < -0.3 is 9.84 Å². The largest absolute Gasteiger partial charge is 0.504 e. The van der Waals surface area contributed by atoms with Gasteiger partial charge >= 0.3 is 0 Å². The van der Waals surface area contributed by atoms with E-state index in [-0.39, 0.29) is 23.7 Å². The van der Waals surface area contributed by atoms with E-state index in [1.807, 2.05) is 6.07 Å². The van der Waals surface area contributed by atoms with E-state index in [0.29, 0.717) is 11.3 Å². The minimum Gasteiger partial charge on any atom is -0.504 e. The molecule has 122 valence electrons. The molecule has 0 saturated carbocycles. The van der Waals surface area contributed by atoms with Crippen LogP contribution in [-0.2, 0) is 9.59 Å². The number of aromatic hydroxyl groups is 1. The number of hydrogen-bond donors (Lipinski definition) is 1. The number of benzene rings is 1. The van der Waals surface area contributed by atoms with Gasteiger partial charge in [0, 0.05) is 12.4 Å². The highest BCUT2D eigenvalue weighted by Crippen LogP contribution is 2.26. The fourth-order valence-corrected chi connectivity index (χ4v) is 1.95. The van der Waals surface area contributed by atoms with Crippen LogP contribution in [0.3, 0.4) is 0 Å². The highest BCUT2D eigenvalue weighted by atomic mass is 16.5. The zero-order valence-corrected chi connectivity index (χ0v) is 13.2. The van der Waals surface area contributed by atoms with Gasteiger partial charge in [0.1, 0.15) is 0 Å². The molecule has 0 saturated heterocycles. The molecule has 1 aromatic heterocycles. The molecular weight excluding hydrogens is 306 g/mol. The number of aromatic nitrogens is 1. The van der Waals surface area contributed by atoms with Crippen molar-refractivity contribution in [3.63, 3.8) is 0 Å². The molecule has 24 heavy (non-hydrogen) atoms. The van der Waals surface area contributed by atoms with Crippen molar-refractivity contribution in [2.24, 2.45) is 0 Å². The summed E-state index contributed by atoms with van der Waals surface area (Å²) >= 11 is 0. The van der Waals surface area contributed by atoms with Crippen molar-refractivity contribution in [3.8, 4) is 11.5 Å².